The van der Waals surface area contributed by atoms with E-state index in [1.165, 1.54) is 0 Å². The van der Waals surface area contributed by atoms with Crippen molar-refractivity contribution in [3.8, 4) is 11.6 Å². The lowest BCUT2D eigenvalue weighted by atomic mass is 10.3. The quantitative estimate of drug-likeness (QED) is 0.672. The predicted molar refractivity (Wildman–Crippen MR) is 99.8 cm³/mol. The summed E-state index contributed by atoms with van der Waals surface area (Å²) in [5.41, 5.74) is 0.771. The number of benzene rings is 1. The highest BCUT2D eigenvalue weighted by Crippen LogP contribution is 2.20. The summed E-state index contributed by atoms with van der Waals surface area (Å²) in [5, 5.41) is 6.43. The topological polar surface area (TPSA) is 72.2 Å². The van der Waals surface area contributed by atoms with Crippen LogP contribution in [0.3, 0.4) is 0 Å². The molecule has 1 aromatic carbocycles. The predicted octanol–water partition coefficient (Wildman–Crippen LogP) is 3.97. The van der Waals surface area contributed by atoms with Gasteiger partial charge in [-0.25, -0.2) is 4.98 Å². The molecule has 2 aromatic heterocycles. The van der Waals surface area contributed by atoms with Gasteiger partial charge in [0.1, 0.15) is 17.3 Å². The van der Waals surface area contributed by atoms with Gasteiger partial charge < -0.3 is 19.8 Å². The molecule has 2 heterocycles. The van der Waals surface area contributed by atoms with Crippen LogP contribution in [0.2, 0.25) is 0 Å². The van der Waals surface area contributed by atoms with Crippen molar-refractivity contribution >= 4 is 23.3 Å². The Morgan fingerprint density at radius 1 is 1.12 bits per heavy atom. The van der Waals surface area contributed by atoms with Gasteiger partial charge in [-0.1, -0.05) is 18.2 Å². The van der Waals surface area contributed by atoms with E-state index in [1.807, 2.05) is 56.3 Å². The molecule has 0 amide bonds. The second-order valence-electron chi connectivity index (χ2n) is 5.41. The molecular weight excluding hydrogens is 336 g/mol. The molecule has 0 aliphatic carbocycles. The average Bonchev–Trinajstić information content (AvgIpc) is 2.99. The number of aromatic nitrogens is 2. The summed E-state index contributed by atoms with van der Waals surface area (Å²) in [5.74, 6) is 3.20. The normalized spacial score (nSPS) is 10.3. The lowest BCUT2D eigenvalue weighted by molar-refractivity contribution is 0.462. The molecule has 2 N–H and O–H groups in total. The van der Waals surface area contributed by atoms with E-state index in [-0.39, 0.29) is 0 Å². The van der Waals surface area contributed by atoms with Crippen molar-refractivity contribution in [2.24, 2.45) is 0 Å². The van der Waals surface area contributed by atoms with Crippen molar-refractivity contribution in [2.75, 3.05) is 5.32 Å². The van der Waals surface area contributed by atoms with Gasteiger partial charge in [-0.2, -0.15) is 4.98 Å². The molecule has 0 fully saturated rings. The zero-order valence-electron chi connectivity index (χ0n) is 13.9. The number of nitrogens with one attached hydrogen (secondary N) is 2. The van der Waals surface area contributed by atoms with E-state index in [1.54, 1.807) is 6.07 Å². The zero-order valence-corrected chi connectivity index (χ0v) is 14.8. The summed E-state index contributed by atoms with van der Waals surface area (Å²) in [6.07, 6.45) is 0. The van der Waals surface area contributed by atoms with Crippen molar-refractivity contribution in [1.29, 1.82) is 0 Å². The second kappa shape index (κ2) is 7.76. The molecule has 6 nitrogen and oxygen atoms in total. The van der Waals surface area contributed by atoms with E-state index in [2.05, 4.69) is 20.6 Å². The van der Waals surface area contributed by atoms with Crippen molar-refractivity contribution in [1.82, 2.24) is 15.3 Å². The molecule has 0 atom stereocenters. The largest absolute Gasteiger partial charge is 0.465 e. The van der Waals surface area contributed by atoms with E-state index >= 15 is 0 Å². The van der Waals surface area contributed by atoms with Crippen LogP contribution in [0, 0.1) is 13.8 Å². The van der Waals surface area contributed by atoms with Crippen molar-refractivity contribution in [2.45, 2.75) is 20.4 Å². The van der Waals surface area contributed by atoms with Crippen molar-refractivity contribution < 1.29 is 9.15 Å². The monoisotopic (exact) mass is 354 g/mol. The van der Waals surface area contributed by atoms with Crippen LogP contribution in [0.25, 0.3) is 0 Å². The minimum Gasteiger partial charge on any atom is -0.465 e. The Morgan fingerprint density at radius 3 is 2.64 bits per heavy atom. The maximum atomic E-state index is 5.74. The first-order valence-electron chi connectivity index (χ1n) is 7.77. The minimum atomic E-state index is 0.374. The first-order valence-corrected chi connectivity index (χ1v) is 8.18. The molecule has 0 unspecified atom stereocenters. The Bertz CT molecular complexity index is 865. The van der Waals surface area contributed by atoms with Gasteiger partial charge in [-0.05, 0) is 50.3 Å². The maximum absolute atomic E-state index is 5.74. The summed E-state index contributed by atoms with van der Waals surface area (Å²) in [6.45, 7) is 4.25. The summed E-state index contributed by atoms with van der Waals surface area (Å²) < 4.78 is 11.2. The molecular formula is C18H18N4O2S. The molecule has 0 bridgehead atoms. The van der Waals surface area contributed by atoms with Crippen molar-refractivity contribution in [3.63, 3.8) is 0 Å². The molecule has 0 saturated carbocycles. The Labute approximate surface area is 151 Å². The van der Waals surface area contributed by atoms with Gasteiger partial charge in [-0.15, -0.1) is 0 Å². The first-order chi connectivity index (χ1) is 12.1. The standard InChI is InChI=1S/C18H18N4O2S/c1-12-10-16(24-14-6-4-3-5-7-14)21-17(20-12)22-18(25)19-11-15-9-8-13(2)23-15/h3-10H,11H2,1-2H3,(H2,19,20,21,22,25). The van der Waals surface area contributed by atoms with E-state index in [0.717, 1.165) is 17.2 Å². The molecule has 25 heavy (non-hydrogen) atoms. The Morgan fingerprint density at radius 2 is 1.92 bits per heavy atom. The van der Waals surface area contributed by atoms with Gasteiger partial charge in [0.2, 0.25) is 11.8 Å². The average molecular weight is 354 g/mol. The lowest BCUT2D eigenvalue weighted by Gasteiger charge is -2.10. The Balaban J connectivity index is 1.62. The molecule has 3 rings (SSSR count). The molecule has 0 aliphatic rings. The third-order valence-corrected chi connectivity index (χ3v) is 3.49. The molecule has 0 radical (unpaired) electrons. The number of furan rings is 1. The van der Waals surface area contributed by atoms with Gasteiger partial charge >= 0.3 is 0 Å². The van der Waals surface area contributed by atoms with Gasteiger partial charge in [0.05, 0.1) is 6.54 Å². The highest BCUT2D eigenvalue weighted by Gasteiger charge is 2.07. The number of anilines is 1. The van der Waals surface area contributed by atoms with E-state index in [4.69, 9.17) is 21.4 Å². The Kier molecular flexibility index (Phi) is 5.25. The number of aryl methyl sites for hydroxylation is 2. The number of nitrogens with zero attached hydrogens (tertiary/aromatic N) is 2. The Hall–Kier alpha value is -2.93. The number of rotatable bonds is 5. The number of para-hydroxylation sites is 1. The number of ether oxygens (including phenoxy) is 1. The summed E-state index contributed by atoms with van der Waals surface area (Å²) in [6, 6.07) is 15.0. The van der Waals surface area contributed by atoms with Crippen LogP contribution in [-0.2, 0) is 6.54 Å². The van der Waals surface area contributed by atoms with Crippen LogP contribution in [0.1, 0.15) is 17.2 Å². The molecule has 7 heteroatoms. The second-order valence-corrected chi connectivity index (χ2v) is 5.81. The van der Waals surface area contributed by atoms with Gasteiger partial charge in [-0.3, -0.25) is 0 Å². The van der Waals surface area contributed by atoms with Crippen LogP contribution >= 0.6 is 12.2 Å². The van der Waals surface area contributed by atoms with E-state index < -0.39 is 0 Å². The fourth-order valence-electron chi connectivity index (χ4n) is 2.15. The zero-order chi connectivity index (χ0) is 17.6. The van der Waals surface area contributed by atoms with Gasteiger partial charge in [0, 0.05) is 11.8 Å². The molecule has 0 spiro atoms. The van der Waals surface area contributed by atoms with E-state index in [0.29, 0.717) is 29.2 Å². The van der Waals surface area contributed by atoms with Gasteiger partial charge in [0.25, 0.3) is 0 Å². The molecule has 0 saturated heterocycles. The number of thiocarbonyl (C=S) groups is 1. The van der Waals surface area contributed by atoms with Crippen LogP contribution in [-0.4, -0.2) is 15.1 Å². The number of hydrogen-bond donors (Lipinski definition) is 2. The molecule has 128 valence electrons. The fraction of sp³-hybridized carbons (Fsp3) is 0.167. The molecule has 0 aliphatic heterocycles. The summed E-state index contributed by atoms with van der Waals surface area (Å²) in [7, 11) is 0. The van der Waals surface area contributed by atoms with Gasteiger partial charge in [0.15, 0.2) is 5.11 Å². The van der Waals surface area contributed by atoms with Crippen LogP contribution in [0.4, 0.5) is 5.95 Å². The number of hydrogen-bond acceptors (Lipinski definition) is 5. The third kappa shape index (κ3) is 5.02. The van der Waals surface area contributed by atoms with Crippen LogP contribution < -0.4 is 15.4 Å². The third-order valence-electron chi connectivity index (χ3n) is 3.24. The lowest BCUT2D eigenvalue weighted by Crippen LogP contribution is -2.28. The minimum absolute atomic E-state index is 0.374. The highest BCUT2D eigenvalue weighted by atomic mass is 32.1. The maximum Gasteiger partial charge on any atom is 0.232 e. The summed E-state index contributed by atoms with van der Waals surface area (Å²) >= 11 is 5.27. The highest BCUT2D eigenvalue weighted by molar-refractivity contribution is 7.80. The fourth-order valence-corrected chi connectivity index (χ4v) is 2.31. The molecule has 3 aromatic rings. The summed E-state index contributed by atoms with van der Waals surface area (Å²) in [4.78, 5) is 8.65. The van der Waals surface area contributed by atoms with E-state index in [9.17, 15) is 0 Å². The van der Waals surface area contributed by atoms with Crippen LogP contribution in [0.5, 0.6) is 11.6 Å². The van der Waals surface area contributed by atoms with Crippen LogP contribution in [0.15, 0.2) is 52.9 Å². The first kappa shape index (κ1) is 16.9. The smallest absolute Gasteiger partial charge is 0.232 e. The SMILES string of the molecule is Cc1cc(Oc2ccccc2)nc(NC(=S)NCc2ccc(C)o2)n1. The van der Waals surface area contributed by atoms with Crippen molar-refractivity contribution in [3.05, 3.63) is 65.7 Å².